The number of nitrogens with two attached hydrogens (primary N) is 1. The van der Waals surface area contributed by atoms with Crippen molar-refractivity contribution in [1.29, 1.82) is 0 Å². The quantitative estimate of drug-likeness (QED) is 0.838. The van der Waals surface area contributed by atoms with Crippen molar-refractivity contribution in [2.75, 3.05) is 30.9 Å². The normalized spacial score (nSPS) is 39.1. The topological polar surface area (TPSA) is 63.4 Å². The Balaban J connectivity index is 2.28. The van der Waals surface area contributed by atoms with E-state index < -0.39 is 9.84 Å². The van der Waals surface area contributed by atoms with Crippen molar-refractivity contribution >= 4 is 21.6 Å². The van der Waals surface area contributed by atoms with Gasteiger partial charge < -0.3 is 5.73 Å². The molecule has 2 fully saturated rings. The van der Waals surface area contributed by atoms with Gasteiger partial charge in [-0.2, -0.15) is 11.8 Å². The maximum atomic E-state index is 12.0. The molecule has 6 heteroatoms. The second-order valence-electron chi connectivity index (χ2n) is 5.83. The molecule has 3 unspecified atom stereocenters. The fraction of sp³-hybridized carbons (Fsp3) is 1.00. The Bertz CT molecular complexity index is 399. The standard InChI is InChI=1S/C12H24N2O2S2/c1-10-3-4-12(7-10,9-13)14-5-6-17-8-11(14)18(2,15)16/h10-11H,3-9,13H2,1-2H3. The lowest BCUT2D eigenvalue weighted by Crippen LogP contribution is -2.61. The van der Waals surface area contributed by atoms with E-state index in [1.807, 2.05) is 0 Å². The van der Waals surface area contributed by atoms with Gasteiger partial charge >= 0.3 is 0 Å². The number of thioether (sulfide) groups is 1. The van der Waals surface area contributed by atoms with Gasteiger partial charge in [-0.1, -0.05) is 6.92 Å². The zero-order valence-electron chi connectivity index (χ0n) is 11.3. The summed E-state index contributed by atoms with van der Waals surface area (Å²) >= 11 is 1.74. The molecule has 0 aromatic rings. The van der Waals surface area contributed by atoms with Crippen LogP contribution in [0.25, 0.3) is 0 Å². The maximum Gasteiger partial charge on any atom is 0.164 e. The molecular weight excluding hydrogens is 268 g/mol. The van der Waals surface area contributed by atoms with Gasteiger partial charge in [0, 0.05) is 36.4 Å². The van der Waals surface area contributed by atoms with E-state index in [4.69, 9.17) is 5.73 Å². The number of sulfone groups is 1. The summed E-state index contributed by atoms with van der Waals surface area (Å²) in [5.74, 6) is 2.36. The Hall–Kier alpha value is 0.220. The highest BCUT2D eigenvalue weighted by Gasteiger charge is 2.47. The highest BCUT2D eigenvalue weighted by molar-refractivity contribution is 8.00. The molecule has 3 atom stereocenters. The van der Waals surface area contributed by atoms with E-state index in [2.05, 4.69) is 11.8 Å². The lowest BCUT2D eigenvalue weighted by Gasteiger charge is -2.47. The molecule has 2 rings (SSSR count). The fourth-order valence-corrected chi connectivity index (χ4v) is 6.35. The molecule has 0 aromatic carbocycles. The van der Waals surface area contributed by atoms with Gasteiger partial charge in [0.25, 0.3) is 0 Å². The van der Waals surface area contributed by atoms with Crippen molar-refractivity contribution in [2.24, 2.45) is 11.7 Å². The van der Waals surface area contributed by atoms with Crippen molar-refractivity contribution in [3.8, 4) is 0 Å². The summed E-state index contributed by atoms with van der Waals surface area (Å²) < 4.78 is 24.0. The average molecular weight is 292 g/mol. The first kappa shape index (κ1) is 14.6. The van der Waals surface area contributed by atoms with Crippen LogP contribution in [0.2, 0.25) is 0 Å². The Kier molecular flexibility index (Phi) is 4.31. The van der Waals surface area contributed by atoms with E-state index in [9.17, 15) is 8.42 Å². The van der Waals surface area contributed by atoms with Gasteiger partial charge in [0.15, 0.2) is 9.84 Å². The average Bonchev–Trinajstić information content (AvgIpc) is 2.71. The zero-order valence-corrected chi connectivity index (χ0v) is 12.9. The molecular formula is C12H24N2O2S2. The molecule has 0 aromatic heterocycles. The molecule has 106 valence electrons. The van der Waals surface area contributed by atoms with Crippen LogP contribution in [0.4, 0.5) is 0 Å². The van der Waals surface area contributed by atoms with Crippen LogP contribution >= 0.6 is 11.8 Å². The van der Waals surface area contributed by atoms with E-state index in [1.165, 1.54) is 6.26 Å². The SMILES string of the molecule is CC1CCC(CN)(N2CCSCC2S(C)(=O)=O)C1. The van der Waals surface area contributed by atoms with Crippen LogP contribution in [0.5, 0.6) is 0 Å². The van der Waals surface area contributed by atoms with Gasteiger partial charge in [-0.05, 0) is 25.2 Å². The molecule has 18 heavy (non-hydrogen) atoms. The molecule has 1 aliphatic carbocycles. The number of hydrogen-bond donors (Lipinski definition) is 1. The molecule has 0 spiro atoms. The van der Waals surface area contributed by atoms with Crippen LogP contribution in [-0.2, 0) is 9.84 Å². The summed E-state index contributed by atoms with van der Waals surface area (Å²) in [4.78, 5) is 2.21. The van der Waals surface area contributed by atoms with Crippen LogP contribution in [-0.4, -0.2) is 55.1 Å². The number of rotatable bonds is 3. The van der Waals surface area contributed by atoms with E-state index >= 15 is 0 Å². The van der Waals surface area contributed by atoms with Crippen LogP contribution < -0.4 is 5.73 Å². The van der Waals surface area contributed by atoms with Crippen molar-refractivity contribution < 1.29 is 8.42 Å². The van der Waals surface area contributed by atoms with Crippen LogP contribution in [0.1, 0.15) is 26.2 Å². The van der Waals surface area contributed by atoms with Gasteiger partial charge in [-0.25, -0.2) is 8.42 Å². The summed E-state index contributed by atoms with van der Waals surface area (Å²) in [5, 5.41) is -0.343. The third-order valence-corrected chi connectivity index (χ3v) is 7.04. The second-order valence-corrected chi connectivity index (χ2v) is 9.18. The predicted molar refractivity (Wildman–Crippen MR) is 77.5 cm³/mol. The van der Waals surface area contributed by atoms with Crippen LogP contribution in [0.15, 0.2) is 0 Å². The lowest BCUT2D eigenvalue weighted by atomic mass is 9.93. The minimum atomic E-state index is -3.03. The first-order chi connectivity index (χ1) is 8.39. The largest absolute Gasteiger partial charge is 0.329 e. The lowest BCUT2D eigenvalue weighted by molar-refractivity contribution is 0.0915. The van der Waals surface area contributed by atoms with Gasteiger partial charge in [0.1, 0.15) is 5.37 Å². The van der Waals surface area contributed by atoms with Crippen LogP contribution in [0.3, 0.4) is 0 Å². The molecule has 1 heterocycles. The first-order valence-electron chi connectivity index (χ1n) is 6.62. The minimum absolute atomic E-state index is 0.0753. The molecule has 1 aliphatic heterocycles. The second kappa shape index (κ2) is 5.31. The monoisotopic (exact) mass is 292 g/mol. The Morgan fingerprint density at radius 1 is 1.50 bits per heavy atom. The Labute approximate surface area is 115 Å². The van der Waals surface area contributed by atoms with E-state index in [1.54, 1.807) is 11.8 Å². The van der Waals surface area contributed by atoms with Crippen molar-refractivity contribution in [2.45, 2.75) is 37.1 Å². The van der Waals surface area contributed by atoms with Gasteiger partial charge in [-0.3, -0.25) is 4.90 Å². The summed E-state index contributed by atoms with van der Waals surface area (Å²) in [5.41, 5.74) is 5.95. The molecule has 0 radical (unpaired) electrons. The summed E-state index contributed by atoms with van der Waals surface area (Å²) in [6.45, 7) is 3.67. The molecule has 2 N–H and O–H groups in total. The summed E-state index contributed by atoms with van der Waals surface area (Å²) in [6, 6.07) is 0. The van der Waals surface area contributed by atoms with E-state index in [0.717, 1.165) is 31.6 Å². The Morgan fingerprint density at radius 3 is 2.72 bits per heavy atom. The third-order valence-electron chi connectivity index (χ3n) is 4.40. The molecule has 0 bridgehead atoms. The number of nitrogens with zero attached hydrogens (tertiary/aromatic N) is 1. The molecule has 2 aliphatic rings. The third kappa shape index (κ3) is 2.71. The first-order valence-corrected chi connectivity index (χ1v) is 9.73. The van der Waals surface area contributed by atoms with Gasteiger partial charge in [-0.15, -0.1) is 0 Å². The van der Waals surface area contributed by atoms with E-state index in [0.29, 0.717) is 18.2 Å². The Morgan fingerprint density at radius 2 is 2.22 bits per heavy atom. The molecule has 0 amide bonds. The zero-order chi connectivity index (χ0) is 13.4. The summed E-state index contributed by atoms with van der Waals surface area (Å²) in [6.07, 6.45) is 4.61. The smallest absolute Gasteiger partial charge is 0.164 e. The highest BCUT2D eigenvalue weighted by atomic mass is 32.2. The van der Waals surface area contributed by atoms with Gasteiger partial charge in [0.2, 0.25) is 0 Å². The van der Waals surface area contributed by atoms with Gasteiger partial charge in [0.05, 0.1) is 0 Å². The molecule has 1 saturated heterocycles. The number of hydrogen-bond acceptors (Lipinski definition) is 5. The minimum Gasteiger partial charge on any atom is -0.329 e. The van der Waals surface area contributed by atoms with Crippen molar-refractivity contribution in [3.63, 3.8) is 0 Å². The maximum absolute atomic E-state index is 12.0. The highest BCUT2D eigenvalue weighted by Crippen LogP contribution is 2.41. The summed E-state index contributed by atoms with van der Waals surface area (Å²) in [7, 11) is -3.03. The predicted octanol–water partition coefficient (Wildman–Crippen LogP) is 0.923. The van der Waals surface area contributed by atoms with Crippen molar-refractivity contribution in [3.05, 3.63) is 0 Å². The fourth-order valence-electron chi connectivity index (χ4n) is 3.41. The van der Waals surface area contributed by atoms with E-state index in [-0.39, 0.29) is 10.9 Å². The van der Waals surface area contributed by atoms with Crippen molar-refractivity contribution in [1.82, 2.24) is 4.90 Å². The molecule has 4 nitrogen and oxygen atoms in total. The molecule has 1 saturated carbocycles. The van der Waals surface area contributed by atoms with Crippen LogP contribution in [0, 0.1) is 5.92 Å².